The Morgan fingerprint density at radius 1 is 1.37 bits per heavy atom. The molecule has 1 aromatic carbocycles. The lowest BCUT2D eigenvalue weighted by Gasteiger charge is -2.11. The van der Waals surface area contributed by atoms with Crippen LogP contribution in [-0.2, 0) is 11.3 Å². The molecule has 3 N–H and O–H groups in total. The Morgan fingerprint density at radius 3 is 2.89 bits per heavy atom. The Hall–Kier alpha value is -3.23. The number of unbranched alkanes of at least 4 members (excludes halogenated alkanes) is 1. The number of carbonyl (C=O) groups excluding carboxylic acids is 1. The van der Waals surface area contributed by atoms with Gasteiger partial charge in [-0.15, -0.1) is 0 Å². The SMILES string of the molecule is CCCCNc1nc(N)nc2cnn(Cc3ccc(C(=O)OC)cc3F)c12. The molecule has 0 atom stereocenters. The predicted octanol–water partition coefficient (Wildman–Crippen LogP) is 2.59. The Kier molecular flexibility index (Phi) is 5.49. The van der Waals surface area contributed by atoms with Gasteiger partial charge < -0.3 is 15.8 Å². The number of nitrogens with zero attached hydrogens (tertiary/aromatic N) is 4. The maximum absolute atomic E-state index is 14.4. The number of nitrogen functional groups attached to an aromatic ring is 1. The van der Waals surface area contributed by atoms with Crippen LogP contribution in [0.5, 0.6) is 0 Å². The Morgan fingerprint density at radius 2 is 2.19 bits per heavy atom. The Bertz CT molecular complexity index is 972. The van der Waals surface area contributed by atoms with E-state index < -0.39 is 11.8 Å². The summed E-state index contributed by atoms with van der Waals surface area (Å²) in [5.74, 6) is -0.389. The molecular weight excluding hydrogens is 351 g/mol. The third-order valence-electron chi connectivity index (χ3n) is 4.12. The van der Waals surface area contributed by atoms with Gasteiger partial charge in [-0.2, -0.15) is 10.1 Å². The zero-order valence-corrected chi connectivity index (χ0v) is 15.2. The lowest BCUT2D eigenvalue weighted by atomic mass is 10.1. The molecule has 0 aliphatic heterocycles. The van der Waals surface area contributed by atoms with Crippen LogP contribution in [0.1, 0.15) is 35.7 Å². The molecule has 0 radical (unpaired) electrons. The molecule has 3 aromatic rings. The molecule has 8 nitrogen and oxygen atoms in total. The molecule has 0 unspecified atom stereocenters. The fourth-order valence-electron chi connectivity index (χ4n) is 2.73. The molecule has 0 spiro atoms. The van der Waals surface area contributed by atoms with E-state index in [0.717, 1.165) is 25.5 Å². The van der Waals surface area contributed by atoms with Crippen molar-refractivity contribution in [2.75, 3.05) is 24.7 Å². The highest BCUT2D eigenvalue weighted by atomic mass is 19.1. The predicted molar refractivity (Wildman–Crippen MR) is 100.0 cm³/mol. The van der Waals surface area contributed by atoms with Crippen molar-refractivity contribution in [1.82, 2.24) is 19.7 Å². The number of halogens is 1. The van der Waals surface area contributed by atoms with E-state index in [1.165, 1.54) is 19.2 Å². The van der Waals surface area contributed by atoms with Gasteiger partial charge in [-0.05, 0) is 18.6 Å². The van der Waals surface area contributed by atoms with Gasteiger partial charge in [0.2, 0.25) is 5.95 Å². The van der Waals surface area contributed by atoms with Crippen LogP contribution in [0.2, 0.25) is 0 Å². The quantitative estimate of drug-likeness (QED) is 0.485. The number of aromatic nitrogens is 4. The van der Waals surface area contributed by atoms with Crippen molar-refractivity contribution in [2.24, 2.45) is 0 Å². The van der Waals surface area contributed by atoms with E-state index >= 15 is 0 Å². The first kappa shape index (κ1) is 18.6. The van der Waals surface area contributed by atoms with Crippen LogP contribution < -0.4 is 11.1 Å². The molecule has 9 heteroatoms. The van der Waals surface area contributed by atoms with Crippen LogP contribution >= 0.6 is 0 Å². The molecule has 3 rings (SSSR count). The lowest BCUT2D eigenvalue weighted by Crippen LogP contribution is -2.11. The first-order valence-corrected chi connectivity index (χ1v) is 8.63. The minimum absolute atomic E-state index is 0.148. The molecule has 0 aliphatic rings. The average Bonchev–Trinajstić information content (AvgIpc) is 3.05. The number of hydrogen-bond acceptors (Lipinski definition) is 7. The smallest absolute Gasteiger partial charge is 0.337 e. The van der Waals surface area contributed by atoms with E-state index in [-0.39, 0.29) is 18.1 Å². The fraction of sp³-hybridized carbons (Fsp3) is 0.333. The number of benzene rings is 1. The number of fused-ring (bicyclic) bond motifs is 1. The molecule has 2 aromatic heterocycles. The largest absolute Gasteiger partial charge is 0.465 e. The van der Waals surface area contributed by atoms with Gasteiger partial charge in [0.05, 0.1) is 25.4 Å². The van der Waals surface area contributed by atoms with Gasteiger partial charge in [-0.1, -0.05) is 19.4 Å². The number of nitrogens with two attached hydrogens (primary N) is 1. The van der Waals surface area contributed by atoms with Crippen LogP contribution in [-0.4, -0.2) is 39.4 Å². The standard InChI is InChI=1S/C18H21FN6O2/c1-3-4-7-21-16-15-14(23-18(20)24-16)9-22-25(15)10-12-6-5-11(8-13(12)19)17(26)27-2/h5-6,8-9H,3-4,7,10H2,1-2H3,(H3,20,21,23,24). The zero-order chi connectivity index (χ0) is 19.4. The maximum Gasteiger partial charge on any atom is 0.337 e. The van der Waals surface area contributed by atoms with E-state index in [1.807, 2.05) is 0 Å². The molecule has 0 bridgehead atoms. The van der Waals surface area contributed by atoms with Gasteiger partial charge in [0.15, 0.2) is 5.82 Å². The van der Waals surface area contributed by atoms with Crippen LogP contribution in [0.3, 0.4) is 0 Å². The summed E-state index contributed by atoms with van der Waals surface area (Å²) in [4.78, 5) is 20.0. The zero-order valence-electron chi connectivity index (χ0n) is 15.2. The summed E-state index contributed by atoms with van der Waals surface area (Å²) >= 11 is 0. The molecule has 142 valence electrons. The van der Waals surface area contributed by atoms with Crippen molar-refractivity contribution in [3.05, 3.63) is 41.3 Å². The summed E-state index contributed by atoms with van der Waals surface area (Å²) < 4.78 is 20.7. The van der Waals surface area contributed by atoms with Crippen LogP contribution in [0.25, 0.3) is 11.0 Å². The van der Waals surface area contributed by atoms with Crippen molar-refractivity contribution >= 4 is 28.8 Å². The molecular formula is C18H21FN6O2. The number of hydrogen-bond donors (Lipinski definition) is 2. The highest BCUT2D eigenvalue weighted by molar-refractivity contribution is 5.89. The first-order valence-electron chi connectivity index (χ1n) is 8.63. The second-order valence-electron chi connectivity index (χ2n) is 6.04. The summed E-state index contributed by atoms with van der Waals surface area (Å²) in [6, 6.07) is 4.21. The highest BCUT2D eigenvalue weighted by Gasteiger charge is 2.15. The minimum Gasteiger partial charge on any atom is -0.465 e. The fourth-order valence-corrected chi connectivity index (χ4v) is 2.73. The van der Waals surface area contributed by atoms with Crippen molar-refractivity contribution in [2.45, 2.75) is 26.3 Å². The normalized spacial score (nSPS) is 10.9. The molecule has 0 amide bonds. The summed E-state index contributed by atoms with van der Waals surface area (Å²) in [7, 11) is 1.25. The molecule has 0 aliphatic carbocycles. The summed E-state index contributed by atoms with van der Waals surface area (Å²) in [5, 5.41) is 7.54. The van der Waals surface area contributed by atoms with E-state index in [4.69, 9.17) is 5.73 Å². The van der Waals surface area contributed by atoms with Crippen molar-refractivity contribution in [1.29, 1.82) is 0 Å². The summed E-state index contributed by atoms with van der Waals surface area (Å²) in [5.41, 5.74) is 7.53. The summed E-state index contributed by atoms with van der Waals surface area (Å²) in [6.07, 6.45) is 3.58. The number of anilines is 2. The van der Waals surface area contributed by atoms with Gasteiger partial charge in [0.1, 0.15) is 16.9 Å². The number of nitrogens with one attached hydrogen (secondary N) is 1. The van der Waals surface area contributed by atoms with Gasteiger partial charge in [0.25, 0.3) is 0 Å². The molecule has 0 saturated heterocycles. The lowest BCUT2D eigenvalue weighted by molar-refractivity contribution is 0.0600. The molecule has 0 fully saturated rings. The topological polar surface area (TPSA) is 108 Å². The second-order valence-corrected chi connectivity index (χ2v) is 6.04. The minimum atomic E-state index is -0.587. The van der Waals surface area contributed by atoms with Crippen LogP contribution in [0.15, 0.2) is 24.4 Å². The van der Waals surface area contributed by atoms with E-state index in [9.17, 15) is 9.18 Å². The number of carbonyl (C=O) groups is 1. The third kappa shape index (κ3) is 3.97. The number of ether oxygens (including phenoxy) is 1. The molecule has 27 heavy (non-hydrogen) atoms. The van der Waals surface area contributed by atoms with Gasteiger partial charge in [0, 0.05) is 12.1 Å². The molecule has 2 heterocycles. The Labute approximate surface area is 155 Å². The van der Waals surface area contributed by atoms with Crippen molar-refractivity contribution in [3.63, 3.8) is 0 Å². The summed E-state index contributed by atoms with van der Waals surface area (Å²) in [6.45, 7) is 2.98. The Balaban J connectivity index is 1.94. The van der Waals surface area contributed by atoms with Crippen molar-refractivity contribution < 1.29 is 13.9 Å². The van der Waals surface area contributed by atoms with E-state index in [2.05, 4.69) is 32.0 Å². The van der Waals surface area contributed by atoms with Crippen molar-refractivity contribution in [3.8, 4) is 0 Å². The third-order valence-corrected chi connectivity index (χ3v) is 4.12. The van der Waals surface area contributed by atoms with Gasteiger partial charge >= 0.3 is 5.97 Å². The monoisotopic (exact) mass is 372 g/mol. The number of rotatable bonds is 7. The number of esters is 1. The average molecular weight is 372 g/mol. The maximum atomic E-state index is 14.4. The van der Waals surface area contributed by atoms with Crippen LogP contribution in [0, 0.1) is 5.82 Å². The van der Waals surface area contributed by atoms with Gasteiger partial charge in [-0.25, -0.2) is 14.2 Å². The number of methoxy groups -OCH3 is 1. The first-order chi connectivity index (χ1) is 13.0. The second kappa shape index (κ2) is 7.98. The van der Waals surface area contributed by atoms with Gasteiger partial charge in [-0.3, -0.25) is 4.68 Å². The molecule has 0 saturated carbocycles. The van der Waals surface area contributed by atoms with Crippen LogP contribution in [0.4, 0.5) is 16.2 Å². The van der Waals surface area contributed by atoms with E-state index in [1.54, 1.807) is 10.9 Å². The highest BCUT2D eigenvalue weighted by Crippen LogP contribution is 2.23. The van der Waals surface area contributed by atoms with E-state index in [0.29, 0.717) is 22.4 Å².